The van der Waals surface area contributed by atoms with Gasteiger partial charge in [-0.05, 0) is 56.1 Å². The molecule has 0 aliphatic carbocycles. The minimum absolute atomic E-state index is 0.250. The molecular weight excluding hydrogens is 343 g/mol. The summed E-state index contributed by atoms with van der Waals surface area (Å²) >= 11 is 0. The van der Waals surface area contributed by atoms with Crippen LogP contribution in [-0.4, -0.2) is 60.0 Å². The van der Waals surface area contributed by atoms with Gasteiger partial charge in [0.05, 0.1) is 17.4 Å². The summed E-state index contributed by atoms with van der Waals surface area (Å²) in [6.07, 6.45) is 3.82. The zero-order valence-electron chi connectivity index (χ0n) is 15.5. The first-order chi connectivity index (χ1) is 13.2. The van der Waals surface area contributed by atoms with Gasteiger partial charge in [0.15, 0.2) is 5.82 Å². The molecule has 3 aromatic rings. The Bertz CT molecular complexity index is 893. The highest BCUT2D eigenvalue weighted by atomic mass is 19.1. The number of aromatic amines is 1. The lowest BCUT2D eigenvalue weighted by Crippen LogP contribution is -2.57. The molecule has 1 unspecified atom stereocenters. The third-order valence-corrected chi connectivity index (χ3v) is 5.13. The van der Waals surface area contributed by atoms with E-state index in [4.69, 9.17) is 0 Å². The normalized spacial score (nSPS) is 18.0. The van der Waals surface area contributed by atoms with E-state index in [0.717, 1.165) is 47.8 Å². The number of halogens is 1. The molecule has 1 saturated heterocycles. The predicted octanol–water partition coefficient (Wildman–Crippen LogP) is 2.58. The number of anilines is 1. The Balaban J connectivity index is 1.79. The van der Waals surface area contributed by atoms with Crippen LogP contribution >= 0.6 is 0 Å². The van der Waals surface area contributed by atoms with Crippen molar-refractivity contribution in [3.63, 3.8) is 0 Å². The summed E-state index contributed by atoms with van der Waals surface area (Å²) in [6.45, 7) is 2.67. The molecule has 1 aliphatic rings. The number of hydrogen-bond acceptors (Lipinski definition) is 5. The maximum Gasteiger partial charge on any atom is 0.159 e. The van der Waals surface area contributed by atoms with Gasteiger partial charge in [0.1, 0.15) is 5.82 Å². The van der Waals surface area contributed by atoms with Crippen molar-refractivity contribution >= 4 is 5.82 Å². The quantitative estimate of drug-likeness (QED) is 0.743. The van der Waals surface area contributed by atoms with Crippen LogP contribution in [0.4, 0.5) is 10.2 Å². The molecule has 2 N–H and O–H groups in total. The summed E-state index contributed by atoms with van der Waals surface area (Å²) in [4.78, 5) is 8.73. The van der Waals surface area contributed by atoms with Crippen molar-refractivity contribution in [2.75, 3.05) is 38.6 Å². The Morgan fingerprint density at radius 2 is 1.81 bits per heavy atom. The molecule has 0 saturated carbocycles. The van der Waals surface area contributed by atoms with Crippen LogP contribution in [0.1, 0.15) is 0 Å². The third-order valence-electron chi connectivity index (χ3n) is 5.13. The fourth-order valence-electron chi connectivity index (χ4n) is 3.56. The highest BCUT2D eigenvalue weighted by Crippen LogP contribution is 2.38. The van der Waals surface area contributed by atoms with Gasteiger partial charge in [0, 0.05) is 37.6 Å². The van der Waals surface area contributed by atoms with Crippen LogP contribution in [0.5, 0.6) is 0 Å². The number of aromatic nitrogens is 3. The second-order valence-electron chi connectivity index (χ2n) is 6.77. The molecule has 3 heterocycles. The van der Waals surface area contributed by atoms with Crippen LogP contribution in [0.2, 0.25) is 0 Å². The first-order valence-corrected chi connectivity index (χ1v) is 9.04. The van der Waals surface area contributed by atoms with Crippen molar-refractivity contribution in [2.45, 2.75) is 6.17 Å². The third kappa shape index (κ3) is 3.43. The number of rotatable bonds is 4. The smallest absolute Gasteiger partial charge is 0.159 e. The van der Waals surface area contributed by atoms with Crippen molar-refractivity contribution in [1.82, 2.24) is 25.4 Å². The second kappa shape index (κ2) is 7.46. The number of likely N-dealkylation sites (N-methyl/N-ethyl adjacent to an activating group) is 2. The van der Waals surface area contributed by atoms with Crippen LogP contribution in [0.3, 0.4) is 0 Å². The second-order valence-corrected chi connectivity index (χ2v) is 6.77. The Morgan fingerprint density at radius 1 is 1.07 bits per heavy atom. The van der Waals surface area contributed by atoms with Crippen LogP contribution in [0.15, 0.2) is 48.8 Å². The van der Waals surface area contributed by atoms with E-state index in [2.05, 4.69) is 37.3 Å². The van der Waals surface area contributed by atoms with Crippen LogP contribution in [0.25, 0.3) is 22.4 Å². The van der Waals surface area contributed by atoms with E-state index in [1.165, 1.54) is 12.1 Å². The molecule has 1 atom stereocenters. The molecule has 2 aromatic heterocycles. The largest absolute Gasteiger partial charge is 0.350 e. The van der Waals surface area contributed by atoms with Crippen LogP contribution in [0, 0.1) is 5.82 Å². The molecule has 140 valence electrons. The van der Waals surface area contributed by atoms with E-state index in [1.807, 2.05) is 19.2 Å². The highest BCUT2D eigenvalue weighted by Gasteiger charge is 2.28. The fraction of sp³-hybridized carbons (Fsp3) is 0.300. The van der Waals surface area contributed by atoms with E-state index in [0.29, 0.717) is 0 Å². The Morgan fingerprint density at radius 3 is 2.52 bits per heavy atom. The van der Waals surface area contributed by atoms with Gasteiger partial charge < -0.3 is 10.2 Å². The standard InChI is InChI=1S/C20H23FN6/c1-22-17-13-27(12-11-26(17)2)20-18(14-7-9-23-10-8-14)19(24-25-20)15-3-5-16(21)6-4-15/h3-10,17,22H,11-13H2,1-2H3,(H,24,25). The molecule has 4 rings (SSSR count). The molecule has 0 amide bonds. The highest BCUT2D eigenvalue weighted by molar-refractivity contribution is 5.89. The number of pyridine rings is 1. The van der Waals surface area contributed by atoms with Gasteiger partial charge >= 0.3 is 0 Å². The molecule has 1 fully saturated rings. The number of H-pyrrole nitrogens is 1. The average Bonchev–Trinajstić information content (AvgIpc) is 3.14. The molecule has 7 heteroatoms. The summed E-state index contributed by atoms with van der Waals surface area (Å²) in [5.74, 6) is 0.661. The van der Waals surface area contributed by atoms with Crippen LogP contribution < -0.4 is 10.2 Å². The molecular formula is C20H23FN6. The minimum Gasteiger partial charge on any atom is -0.350 e. The van der Waals surface area contributed by atoms with Crippen molar-refractivity contribution in [2.24, 2.45) is 0 Å². The molecule has 6 nitrogen and oxygen atoms in total. The number of hydrogen-bond donors (Lipinski definition) is 2. The van der Waals surface area contributed by atoms with E-state index < -0.39 is 0 Å². The fourth-order valence-corrected chi connectivity index (χ4v) is 3.56. The lowest BCUT2D eigenvalue weighted by Gasteiger charge is -2.39. The number of piperazine rings is 1. The zero-order chi connectivity index (χ0) is 18.8. The first kappa shape index (κ1) is 17.6. The maximum absolute atomic E-state index is 13.4. The molecule has 0 radical (unpaired) electrons. The van der Waals surface area contributed by atoms with Gasteiger partial charge in [-0.25, -0.2) is 4.39 Å². The minimum atomic E-state index is -0.250. The van der Waals surface area contributed by atoms with Gasteiger partial charge in [-0.15, -0.1) is 0 Å². The summed E-state index contributed by atoms with van der Waals surface area (Å²) in [5.41, 5.74) is 3.84. The van der Waals surface area contributed by atoms with Gasteiger partial charge in [0.2, 0.25) is 0 Å². The predicted molar refractivity (Wildman–Crippen MR) is 105 cm³/mol. The molecule has 1 aromatic carbocycles. The lowest BCUT2D eigenvalue weighted by atomic mass is 10.0. The molecule has 0 spiro atoms. The van der Waals surface area contributed by atoms with Gasteiger partial charge in [-0.3, -0.25) is 15.0 Å². The van der Waals surface area contributed by atoms with E-state index in [1.54, 1.807) is 24.5 Å². The van der Waals surface area contributed by atoms with Crippen LogP contribution in [-0.2, 0) is 0 Å². The van der Waals surface area contributed by atoms with Crippen molar-refractivity contribution in [1.29, 1.82) is 0 Å². The number of nitrogens with zero attached hydrogens (tertiary/aromatic N) is 4. The Labute approximate surface area is 158 Å². The topological polar surface area (TPSA) is 60.1 Å². The summed E-state index contributed by atoms with van der Waals surface area (Å²) in [6, 6.07) is 10.5. The molecule has 0 bridgehead atoms. The van der Waals surface area contributed by atoms with Gasteiger partial charge in [-0.2, -0.15) is 5.10 Å². The van der Waals surface area contributed by atoms with Crippen molar-refractivity contribution < 1.29 is 4.39 Å². The van der Waals surface area contributed by atoms with E-state index in [9.17, 15) is 4.39 Å². The van der Waals surface area contributed by atoms with Gasteiger partial charge in [0.25, 0.3) is 0 Å². The monoisotopic (exact) mass is 366 g/mol. The Hall–Kier alpha value is -2.77. The van der Waals surface area contributed by atoms with E-state index in [-0.39, 0.29) is 12.0 Å². The molecule has 27 heavy (non-hydrogen) atoms. The number of nitrogens with one attached hydrogen (secondary N) is 2. The maximum atomic E-state index is 13.4. The molecule has 1 aliphatic heterocycles. The summed E-state index contributed by atoms with van der Waals surface area (Å²) < 4.78 is 13.4. The van der Waals surface area contributed by atoms with Gasteiger partial charge in [-0.1, -0.05) is 0 Å². The first-order valence-electron chi connectivity index (χ1n) is 9.04. The average molecular weight is 366 g/mol. The summed E-state index contributed by atoms with van der Waals surface area (Å²) in [5, 5.41) is 11.2. The summed E-state index contributed by atoms with van der Waals surface area (Å²) in [7, 11) is 4.10. The number of benzene rings is 1. The zero-order valence-corrected chi connectivity index (χ0v) is 15.5. The SMILES string of the molecule is CNC1CN(c2n[nH]c(-c3ccc(F)cc3)c2-c2ccncc2)CCN1C. The Kier molecular flexibility index (Phi) is 4.87. The van der Waals surface area contributed by atoms with Crippen molar-refractivity contribution in [3.8, 4) is 22.4 Å². The van der Waals surface area contributed by atoms with Crippen molar-refractivity contribution in [3.05, 3.63) is 54.6 Å². The lowest BCUT2D eigenvalue weighted by molar-refractivity contribution is 0.193. The van der Waals surface area contributed by atoms with E-state index >= 15 is 0 Å².